The van der Waals surface area contributed by atoms with E-state index in [-0.39, 0.29) is 23.6 Å². The van der Waals surface area contributed by atoms with E-state index in [1.807, 2.05) is 45.0 Å². The molecule has 0 saturated heterocycles. The van der Waals surface area contributed by atoms with Crippen LogP contribution in [-0.4, -0.2) is 35.7 Å². The van der Waals surface area contributed by atoms with Gasteiger partial charge in [0.05, 0.1) is 0 Å². The van der Waals surface area contributed by atoms with Crippen LogP contribution in [0.4, 0.5) is 9.18 Å². The average molecular weight is 482 g/mol. The summed E-state index contributed by atoms with van der Waals surface area (Å²) in [5.41, 5.74) is 2.33. The molecule has 3 aromatic rings. The second-order valence-electron chi connectivity index (χ2n) is 10.1. The number of aromatic amines is 1. The van der Waals surface area contributed by atoms with E-state index in [9.17, 15) is 14.0 Å². The van der Waals surface area contributed by atoms with E-state index in [1.165, 1.54) is 12.1 Å². The average Bonchev–Trinajstić information content (AvgIpc) is 3.19. The zero-order valence-corrected chi connectivity index (χ0v) is 21.2. The molecule has 1 heterocycles. The fourth-order valence-electron chi connectivity index (χ4n) is 4.17. The Labute approximate surface area is 206 Å². The molecule has 2 amide bonds. The minimum Gasteiger partial charge on any atom is -0.444 e. The highest BCUT2D eigenvalue weighted by Gasteiger charge is 2.21. The Morgan fingerprint density at radius 3 is 2.37 bits per heavy atom. The number of hydrogen-bond acceptors (Lipinski definition) is 3. The van der Waals surface area contributed by atoms with E-state index in [1.54, 1.807) is 12.1 Å². The van der Waals surface area contributed by atoms with Gasteiger partial charge in [0.15, 0.2) is 0 Å². The molecule has 3 N–H and O–H groups in total. The van der Waals surface area contributed by atoms with Gasteiger partial charge in [-0.2, -0.15) is 0 Å². The number of hydrogen-bond donors (Lipinski definition) is 3. The fraction of sp³-hybridized carbons (Fsp3) is 0.429. The van der Waals surface area contributed by atoms with Crippen molar-refractivity contribution in [2.75, 3.05) is 13.1 Å². The van der Waals surface area contributed by atoms with Gasteiger partial charge in [-0.05, 0) is 62.8 Å². The highest BCUT2D eigenvalue weighted by atomic mass is 19.1. The minimum atomic E-state index is -0.529. The first-order valence-corrected chi connectivity index (χ1v) is 12.2. The molecule has 0 spiro atoms. The minimum absolute atomic E-state index is 0.202. The molecular weight excluding hydrogens is 445 g/mol. The molecule has 2 aromatic carbocycles. The zero-order valence-electron chi connectivity index (χ0n) is 21.2. The number of nitrogens with one attached hydrogen (secondary N) is 3. The molecule has 0 saturated carbocycles. The van der Waals surface area contributed by atoms with Crippen molar-refractivity contribution in [3.05, 3.63) is 60.0 Å². The molecule has 188 valence electrons. The van der Waals surface area contributed by atoms with Gasteiger partial charge in [0.25, 0.3) is 5.91 Å². The lowest BCUT2D eigenvalue weighted by molar-refractivity contribution is 0.0516. The number of benzene rings is 2. The summed E-state index contributed by atoms with van der Waals surface area (Å²) in [6, 6.07) is 13.9. The molecular formula is C28H36FN3O3. The number of carbonyl (C=O) groups is 2. The van der Waals surface area contributed by atoms with Gasteiger partial charge in [0.1, 0.15) is 17.1 Å². The molecule has 2 atom stereocenters. The van der Waals surface area contributed by atoms with E-state index in [2.05, 4.69) is 29.5 Å². The summed E-state index contributed by atoms with van der Waals surface area (Å²) in [5, 5.41) is 6.81. The Balaban J connectivity index is 1.64. The monoisotopic (exact) mass is 481 g/mol. The van der Waals surface area contributed by atoms with Crippen molar-refractivity contribution in [1.82, 2.24) is 15.6 Å². The number of carbonyl (C=O) groups excluding carboxylic acids is 2. The van der Waals surface area contributed by atoms with Crippen LogP contribution >= 0.6 is 0 Å². The van der Waals surface area contributed by atoms with E-state index < -0.39 is 11.7 Å². The molecule has 6 nitrogen and oxygen atoms in total. The highest BCUT2D eigenvalue weighted by molar-refractivity contribution is 6.09. The standard InChI is InChI=1S/C28H36FN3O3/c1-6-19(17-31-27(34)35-28(3,4)5)15-18(2)16-30-26(33)25-24(20-11-13-21(29)14-12-20)22-9-7-8-10-23(22)32-25/h7-14,18-19,32H,6,15-17H2,1-5H3,(H,30,33)(H,31,34)/t18-,19?/m1/s1. The summed E-state index contributed by atoms with van der Waals surface area (Å²) >= 11 is 0. The third-order valence-electron chi connectivity index (χ3n) is 5.92. The summed E-state index contributed by atoms with van der Waals surface area (Å²) in [7, 11) is 0. The van der Waals surface area contributed by atoms with Crippen LogP contribution < -0.4 is 10.6 Å². The Morgan fingerprint density at radius 2 is 1.71 bits per heavy atom. The van der Waals surface area contributed by atoms with Crippen molar-refractivity contribution in [2.45, 2.75) is 53.1 Å². The van der Waals surface area contributed by atoms with Crippen molar-refractivity contribution in [3.63, 3.8) is 0 Å². The van der Waals surface area contributed by atoms with Gasteiger partial charge in [-0.25, -0.2) is 9.18 Å². The number of aromatic nitrogens is 1. The van der Waals surface area contributed by atoms with Crippen LogP contribution in [-0.2, 0) is 4.74 Å². The lowest BCUT2D eigenvalue weighted by Gasteiger charge is -2.23. The van der Waals surface area contributed by atoms with Gasteiger partial charge < -0.3 is 20.4 Å². The first-order valence-electron chi connectivity index (χ1n) is 12.2. The molecule has 0 bridgehead atoms. The maximum absolute atomic E-state index is 13.5. The normalized spacial score (nSPS) is 13.3. The van der Waals surface area contributed by atoms with Crippen molar-refractivity contribution in [1.29, 1.82) is 0 Å². The summed E-state index contributed by atoms with van der Waals surface area (Å²) in [4.78, 5) is 28.4. The molecule has 35 heavy (non-hydrogen) atoms. The lowest BCUT2D eigenvalue weighted by atomic mass is 9.93. The predicted octanol–water partition coefficient (Wildman–Crippen LogP) is 6.28. The van der Waals surface area contributed by atoms with Crippen molar-refractivity contribution in [3.8, 4) is 11.1 Å². The molecule has 0 aliphatic carbocycles. The third-order valence-corrected chi connectivity index (χ3v) is 5.92. The van der Waals surface area contributed by atoms with Crippen molar-refractivity contribution < 1.29 is 18.7 Å². The van der Waals surface area contributed by atoms with E-state index >= 15 is 0 Å². The number of ether oxygens (including phenoxy) is 1. The predicted molar refractivity (Wildman–Crippen MR) is 138 cm³/mol. The van der Waals surface area contributed by atoms with Crippen molar-refractivity contribution in [2.24, 2.45) is 11.8 Å². The Kier molecular flexibility index (Phi) is 8.54. The number of halogens is 1. The van der Waals surface area contributed by atoms with Gasteiger partial charge in [-0.3, -0.25) is 4.79 Å². The van der Waals surface area contributed by atoms with Crippen LogP contribution in [0.5, 0.6) is 0 Å². The Bertz CT molecular complexity index is 1150. The number of amides is 2. The smallest absolute Gasteiger partial charge is 0.407 e. The van der Waals surface area contributed by atoms with Crippen LogP contribution in [0, 0.1) is 17.7 Å². The SMILES string of the molecule is CCC(CNC(=O)OC(C)(C)C)C[C@@H](C)CNC(=O)c1[nH]c2ccccc2c1-c1ccc(F)cc1. The summed E-state index contributed by atoms with van der Waals surface area (Å²) in [6.45, 7) is 10.7. The van der Waals surface area contributed by atoms with Crippen LogP contribution in [0.15, 0.2) is 48.5 Å². The van der Waals surface area contributed by atoms with Crippen LogP contribution in [0.25, 0.3) is 22.0 Å². The first kappa shape index (κ1) is 26.3. The van der Waals surface area contributed by atoms with Crippen molar-refractivity contribution >= 4 is 22.9 Å². The van der Waals surface area contributed by atoms with Crippen LogP contribution in [0.1, 0.15) is 57.9 Å². The van der Waals surface area contributed by atoms with Crippen LogP contribution in [0.3, 0.4) is 0 Å². The van der Waals surface area contributed by atoms with Gasteiger partial charge >= 0.3 is 6.09 Å². The Morgan fingerprint density at radius 1 is 1.03 bits per heavy atom. The summed E-state index contributed by atoms with van der Waals surface area (Å²) < 4.78 is 18.8. The van der Waals surface area contributed by atoms with E-state index in [0.717, 1.165) is 34.9 Å². The largest absolute Gasteiger partial charge is 0.444 e. The highest BCUT2D eigenvalue weighted by Crippen LogP contribution is 2.32. The molecule has 0 aliphatic heterocycles. The number of para-hydroxylation sites is 1. The van der Waals surface area contributed by atoms with E-state index in [0.29, 0.717) is 18.8 Å². The van der Waals surface area contributed by atoms with E-state index in [4.69, 9.17) is 4.74 Å². The first-order chi connectivity index (χ1) is 16.6. The number of alkyl carbamates (subject to hydrolysis) is 1. The van der Waals surface area contributed by atoms with Gasteiger partial charge in [0, 0.05) is 29.6 Å². The summed E-state index contributed by atoms with van der Waals surface area (Å²) in [6.07, 6.45) is 1.35. The Hall–Kier alpha value is -3.35. The quantitative estimate of drug-likeness (QED) is 0.336. The van der Waals surface area contributed by atoms with Gasteiger partial charge in [-0.15, -0.1) is 0 Å². The maximum atomic E-state index is 13.5. The molecule has 0 fully saturated rings. The molecule has 7 heteroatoms. The van der Waals surface area contributed by atoms with Crippen LogP contribution in [0.2, 0.25) is 0 Å². The number of rotatable bonds is 9. The maximum Gasteiger partial charge on any atom is 0.407 e. The zero-order chi connectivity index (χ0) is 25.6. The molecule has 1 aromatic heterocycles. The second kappa shape index (κ2) is 11.4. The second-order valence-corrected chi connectivity index (χ2v) is 10.1. The number of fused-ring (bicyclic) bond motifs is 1. The molecule has 3 rings (SSSR count). The molecule has 0 aliphatic rings. The topological polar surface area (TPSA) is 83.2 Å². The third kappa shape index (κ3) is 7.31. The number of H-pyrrole nitrogens is 1. The lowest BCUT2D eigenvalue weighted by Crippen LogP contribution is -2.36. The van der Waals surface area contributed by atoms with Gasteiger partial charge in [-0.1, -0.05) is 50.6 Å². The molecule has 1 unspecified atom stereocenters. The fourth-order valence-corrected chi connectivity index (χ4v) is 4.17. The molecule has 0 radical (unpaired) electrons. The van der Waals surface area contributed by atoms with Gasteiger partial charge in [0.2, 0.25) is 0 Å². The summed E-state index contributed by atoms with van der Waals surface area (Å²) in [5.74, 6) is -0.0346.